The zero-order valence-corrected chi connectivity index (χ0v) is 15.4. The van der Waals surface area contributed by atoms with Crippen molar-refractivity contribution in [1.82, 2.24) is 4.73 Å². The first kappa shape index (κ1) is 20.0. The lowest BCUT2D eigenvalue weighted by atomic mass is 10.2. The summed E-state index contributed by atoms with van der Waals surface area (Å²) in [7, 11) is 0. The van der Waals surface area contributed by atoms with Crippen molar-refractivity contribution >= 4 is 28.9 Å². The number of hydrogen-bond donors (Lipinski definition) is 1. The molecule has 29 heavy (non-hydrogen) atoms. The second-order valence-electron chi connectivity index (χ2n) is 5.83. The number of hydrogen-bond acceptors (Lipinski definition) is 5. The van der Waals surface area contributed by atoms with Gasteiger partial charge in [0.15, 0.2) is 0 Å². The minimum absolute atomic E-state index is 0.0367. The predicted octanol–water partition coefficient (Wildman–Crippen LogP) is 3.43. The molecule has 1 heterocycles. The number of nitrogens with one attached hydrogen (secondary N) is 1. The predicted molar refractivity (Wildman–Crippen MR) is 103 cm³/mol. The van der Waals surface area contributed by atoms with E-state index in [2.05, 4.69) is 5.32 Å². The van der Waals surface area contributed by atoms with Gasteiger partial charge in [0.25, 0.3) is 17.2 Å². The summed E-state index contributed by atoms with van der Waals surface area (Å²) in [6, 6.07) is 11.8. The fourth-order valence-electron chi connectivity index (χ4n) is 2.43. The maximum Gasteiger partial charge on any atom is 0.295 e. The van der Waals surface area contributed by atoms with Crippen LogP contribution in [-0.2, 0) is 6.61 Å². The Morgan fingerprint density at radius 3 is 2.62 bits per heavy atom. The van der Waals surface area contributed by atoms with Gasteiger partial charge >= 0.3 is 0 Å². The number of nitro benzene ring substituents is 1. The highest BCUT2D eigenvalue weighted by molar-refractivity contribution is 6.31. The normalized spacial score (nSPS) is 10.4. The molecule has 3 rings (SSSR count). The van der Waals surface area contributed by atoms with Crippen LogP contribution in [-0.4, -0.2) is 15.6 Å². The average molecular weight is 418 g/mol. The Morgan fingerprint density at radius 2 is 1.93 bits per heavy atom. The molecule has 3 aromatic rings. The van der Waals surface area contributed by atoms with Gasteiger partial charge in [-0.25, -0.2) is 4.39 Å². The first-order valence-corrected chi connectivity index (χ1v) is 8.57. The van der Waals surface area contributed by atoms with Gasteiger partial charge in [-0.2, -0.15) is 4.73 Å². The van der Waals surface area contributed by atoms with Gasteiger partial charge in [-0.15, -0.1) is 0 Å². The number of rotatable bonds is 6. The molecule has 0 fully saturated rings. The molecule has 0 unspecified atom stereocenters. The highest BCUT2D eigenvalue weighted by atomic mass is 35.5. The van der Waals surface area contributed by atoms with E-state index >= 15 is 0 Å². The molecule has 148 valence electrons. The molecule has 0 saturated carbocycles. The Morgan fingerprint density at radius 1 is 1.21 bits per heavy atom. The van der Waals surface area contributed by atoms with Crippen LogP contribution in [0.3, 0.4) is 0 Å². The zero-order valence-electron chi connectivity index (χ0n) is 14.7. The lowest BCUT2D eigenvalue weighted by Crippen LogP contribution is -2.32. The van der Waals surface area contributed by atoms with Crippen LogP contribution in [0.2, 0.25) is 5.02 Å². The Balaban J connectivity index is 1.81. The van der Waals surface area contributed by atoms with Crippen molar-refractivity contribution < 1.29 is 18.9 Å². The van der Waals surface area contributed by atoms with Crippen molar-refractivity contribution in [3.05, 3.63) is 103 Å². The van der Waals surface area contributed by atoms with Crippen molar-refractivity contribution in [2.24, 2.45) is 0 Å². The van der Waals surface area contributed by atoms with Crippen LogP contribution in [0.5, 0.6) is 0 Å². The van der Waals surface area contributed by atoms with Crippen LogP contribution in [0, 0.1) is 15.9 Å². The van der Waals surface area contributed by atoms with Crippen molar-refractivity contribution in [2.45, 2.75) is 6.61 Å². The standard InChI is InChI=1S/C19H13ClFN3O5/c20-13-5-8-17(24(27)28)16(10-13)22-18(25)15-2-1-9-23(19(15)26)29-11-12-3-6-14(21)7-4-12/h1-10H,11H2,(H,22,25). The molecule has 0 aliphatic heterocycles. The summed E-state index contributed by atoms with van der Waals surface area (Å²) in [6.45, 7) is -0.0367. The molecule has 1 amide bonds. The van der Waals surface area contributed by atoms with Crippen LogP contribution in [0.4, 0.5) is 15.8 Å². The number of amides is 1. The number of nitrogens with zero attached hydrogens (tertiary/aromatic N) is 2. The quantitative estimate of drug-likeness (QED) is 0.489. The van der Waals surface area contributed by atoms with E-state index in [9.17, 15) is 24.1 Å². The third-order valence-electron chi connectivity index (χ3n) is 3.85. The fraction of sp³-hybridized carbons (Fsp3) is 0.0526. The molecule has 1 aromatic heterocycles. The molecule has 0 spiro atoms. The molecule has 0 aliphatic carbocycles. The lowest BCUT2D eigenvalue weighted by Gasteiger charge is -2.10. The second kappa shape index (κ2) is 8.53. The van der Waals surface area contributed by atoms with E-state index in [1.54, 1.807) is 0 Å². The number of carbonyl (C=O) groups is 1. The molecule has 0 atom stereocenters. The van der Waals surface area contributed by atoms with Crippen LogP contribution >= 0.6 is 11.6 Å². The van der Waals surface area contributed by atoms with E-state index in [0.29, 0.717) is 5.56 Å². The van der Waals surface area contributed by atoms with Gasteiger partial charge < -0.3 is 10.2 Å². The summed E-state index contributed by atoms with van der Waals surface area (Å²) < 4.78 is 13.8. The SMILES string of the molecule is O=C(Nc1cc(Cl)ccc1[N+](=O)[O-])c1cccn(OCc2ccc(F)cc2)c1=O. The number of carbonyl (C=O) groups excluding carboxylic acids is 1. The Hall–Kier alpha value is -3.72. The largest absolute Gasteiger partial charge is 0.406 e. The Kier molecular flexibility index (Phi) is 5.89. The van der Waals surface area contributed by atoms with Crippen LogP contribution in [0.1, 0.15) is 15.9 Å². The van der Waals surface area contributed by atoms with Gasteiger partial charge in [-0.3, -0.25) is 19.7 Å². The second-order valence-corrected chi connectivity index (χ2v) is 6.26. The molecule has 10 heteroatoms. The van der Waals surface area contributed by atoms with E-state index in [1.807, 2.05) is 0 Å². The smallest absolute Gasteiger partial charge is 0.295 e. The molecule has 0 bridgehead atoms. The van der Waals surface area contributed by atoms with Crippen LogP contribution in [0.15, 0.2) is 65.6 Å². The summed E-state index contributed by atoms with van der Waals surface area (Å²) in [5.41, 5.74) is -0.957. The Labute approximate surface area is 168 Å². The number of anilines is 1. The topological polar surface area (TPSA) is 103 Å². The van der Waals surface area contributed by atoms with Crippen LogP contribution in [0.25, 0.3) is 0 Å². The number of nitro groups is 1. The monoisotopic (exact) mass is 417 g/mol. The van der Waals surface area contributed by atoms with Crippen molar-refractivity contribution in [2.75, 3.05) is 5.32 Å². The lowest BCUT2D eigenvalue weighted by molar-refractivity contribution is -0.383. The van der Waals surface area contributed by atoms with E-state index in [4.69, 9.17) is 16.4 Å². The first-order valence-electron chi connectivity index (χ1n) is 8.20. The summed E-state index contributed by atoms with van der Waals surface area (Å²) in [5.74, 6) is -1.26. The maximum absolute atomic E-state index is 12.9. The van der Waals surface area contributed by atoms with E-state index in [0.717, 1.165) is 10.8 Å². The zero-order chi connectivity index (χ0) is 21.0. The Bertz CT molecular complexity index is 1130. The summed E-state index contributed by atoms with van der Waals surface area (Å²) >= 11 is 5.83. The molecule has 1 N–H and O–H groups in total. The number of aromatic nitrogens is 1. The summed E-state index contributed by atoms with van der Waals surface area (Å²) in [4.78, 5) is 40.8. The number of halogens is 2. The van der Waals surface area contributed by atoms with Gasteiger partial charge in [0.05, 0.1) is 4.92 Å². The molecular formula is C19H13ClFN3O5. The van der Waals surface area contributed by atoms with Gasteiger partial charge in [0, 0.05) is 17.3 Å². The molecule has 2 aromatic carbocycles. The first-order chi connectivity index (χ1) is 13.8. The third-order valence-corrected chi connectivity index (χ3v) is 4.08. The highest BCUT2D eigenvalue weighted by Crippen LogP contribution is 2.27. The number of pyridine rings is 1. The highest BCUT2D eigenvalue weighted by Gasteiger charge is 2.19. The van der Waals surface area contributed by atoms with E-state index in [1.165, 1.54) is 54.7 Å². The van der Waals surface area contributed by atoms with Crippen molar-refractivity contribution in [3.8, 4) is 0 Å². The minimum Gasteiger partial charge on any atom is -0.406 e. The molecule has 0 saturated heterocycles. The number of benzene rings is 2. The molecule has 0 aliphatic rings. The van der Waals surface area contributed by atoms with Gasteiger partial charge in [-0.05, 0) is 42.0 Å². The van der Waals surface area contributed by atoms with Crippen molar-refractivity contribution in [3.63, 3.8) is 0 Å². The fourth-order valence-corrected chi connectivity index (χ4v) is 2.60. The molecule has 8 nitrogen and oxygen atoms in total. The van der Waals surface area contributed by atoms with E-state index in [-0.39, 0.29) is 28.6 Å². The maximum atomic E-state index is 12.9. The van der Waals surface area contributed by atoms with Crippen LogP contribution < -0.4 is 15.7 Å². The van der Waals surface area contributed by atoms with Crippen molar-refractivity contribution in [1.29, 1.82) is 0 Å². The van der Waals surface area contributed by atoms with E-state index < -0.39 is 22.2 Å². The third kappa shape index (κ3) is 4.77. The van der Waals surface area contributed by atoms with Gasteiger partial charge in [0.2, 0.25) is 0 Å². The summed E-state index contributed by atoms with van der Waals surface area (Å²) in [5, 5.41) is 13.6. The molecular weight excluding hydrogens is 405 g/mol. The average Bonchev–Trinajstić information content (AvgIpc) is 2.68. The molecule has 0 radical (unpaired) electrons. The minimum atomic E-state index is -0.861. The summed E-state index contributed by atoms with van der Waals surface area (Å²) in [6.07, 6.45) is 1.31. The van der Waals surface area contributed by atoms with Gasteiger partial charge in [0.1, 0.15) is 23.7 Å². The van der Waals surface area contributed by atoms with Gasteiger partial charge in [-0.1, -0.05) is 23.7 Å².